The zero-order valence-corrected chi connectivity index (χ0v) is 16.0. The molecule has 148 valence electrons. The second kappa shape index (κ2) is 9.03. The summed E-state index contributed by atoms with van der Waals surface area (Å²) >= 11 is 6.10. The van der Waals surface area contributed by atoms with E-state index in [4.69, 9.17) is 21.1 Å². The second-order valence-corrected chi connectivity index (χ2v) is 6.24. The van der Waals surface area contributed by atoms with Crippen LogP contribution in [0.5, 0.6) is 11.5 Å². The highest BCUT2D eigenvalue weighted by Crippen LogP contribution is 2.31. The van der Waals surface area contributed by atoms with Gasteiger partial charge in [-0.2, -0.15) is 0 Å². The highest BCUT2D eigenvalue weighted by molar-refractivity contribution is 6.32. The normalized spacial score (nSPS) is 11.4. The summed E-state index contributed by atoms with van der Waals surface area (Å²) in [5, 5.41) is 14.3. The third-order valence-electron chi connectivity index (χ3n) is 3.93. The minimum Gasteiger partial charge on any atom is -0.495 e. The molecule has 1 N–H and O–H groups in total. The Morgan fingerprint density at radius 1 is 1.14 bits per heavy atom. The van der Waals surface area contributed by atoms with Crippen molar-refractivity contribution in [2.45, 2.75) is 6.10 Å². The first-order valence-corrected chi connectivity index (χ1v) is 8.83. The summed E-state index contributed by atoms with van der Waals surface area (Å²) in [5.41, 5.74) is 0.939. The van der Waals surface area contributed by atoms with Gasteiger partial charge in [-0.3, -0.25) is 4.79 Å². The van der Waals surface area contributed by atoms with Crippen molar-refractivity contribution in [1.82, 2.24) is 4.98 Å². The number of methoxy groups -OCH3 is 1. The predicted molar refractivity (Wildman–Crippen MR) is 107 cm³/mol. The van der Waals surface area contributed by atoms with Crippen LogP contribution in [0.4, 0.5) is 11.5 Å². The molecule has 0 spiro atoms. The number of nitrogens with one attached hydrogen (secondary N) is 1. The number of benzene rings is 2. The Labute approximate surface area is 171 Å². The first kappa shape index (κ1) is 20.1. The van der Waals surface area contributed by atoms with Gasteiger partial charge in [-0.05, 0) is 40.2 Å². The van der Waals surface area contributed by atoms with Crippen LogP contribution < -0.4 is 14.8 Å². The van der Waals surface area contributed by atoms with Crippen molar-refractivity contribution in [2.24, 2.45) is 0 Å². The van der Waals surface area contributed by atoms with Crippen LogP contribution >= 0.6 is 11.6 Å². The van der Waals surface area contributed by atoms with Crippen LogP contribution in [0.2, 0.25) is 5.02 Å². The summed E-state index contributed by atoms with van der Waals surface area (Å²) < 4.78 is 10.8. The molecular formula is C20H16ClN3O5. The lowest BCUT2D eigenvalue weighted by molar-refractivity contribution is -0.390. The molecule has 8 nitrogen and oxygen atoms in total. The molecule has 3 aromatic rings. The number of aromatic nitrogens is 1. The summed E-state index contributed by atoms with van der Waals surface area (Å²) in [5.74, 6) is -0.662. The molecule has 3 rings (SSSR count). The molecule has 0 saturated carbocycles. The van der Waals surface area contributed by atoms with Crippen molar-refractivity contribution in [3.63, 3.8) is 0 Å². The Morgan fingerprint density at radius 2 is 1.90 bits per heavy atom. The molecule has 1 heterocycles. The minimum atomic E-state index is -1.15. The fourth-order valence-corrected chi connectivity index (χ4v) is 2.85. The molecule has 9 heteroatoms. The van der Waals surface area contributed by atoms with E-state index in [1.54, 1.807) is 42.5 Å². The number of nitro groups is 1. The number of hydrogen-bond donors (Lipinski definition) is 1. The van der Waals surface area contributed by atoms with Crippen LogP contribution in [0.1, 0.15) is 11.7 Å². The zero-order chi connectivity index (χ0) is 20.8. The van der Waals surface area contributed by atoms with Crippen LogP contribution in [0.25, 0.3) is 0 Å². The number of pyridine rings is 1. The van der Waals surface area contributed by atoms with Gasteiger partial charge in [-0.25, -0.2) is 0 Å². The van der Waals surface area contributed by atoms with Gasteiger partial charge in [0.25, 0.3) is 5.91 Å². The van der Waals surface area contributed by atoms with E-state index in [-0.39, 0.29) is 5.75 Å². The number of anilines is 1. The molecule has 2 aromatic carbocycles. The molecule has 1 amide bonds. The molecule has 1 unspecified atom stereocenters. The number of hydrogen-bond acceptors (Lipinski definition) is 6. The summed E-state index contributed by atoms with van der Waals surface area (Å²) in [6.07, 6.45) is 0.127. The van der Waals surface area contributed by atoms with Crippen molar-refractivity contribution < 1.29 is 19.2 Å². The summed E-state index contributed by atoms with van der Waals surface area (Å²) in [7, 11) is 1.49. The van der Waals surface area contributed by atoms with E-state index in [2.05, 4.69) is 10.3 Å². The van der Waals surface area contributed by atoms with E-state index in [0.29, 0.717) is 22.0 Å². The average molecular weight is 414 g/mol. The molecule has 0 saturated heterocycles. The molecule has 0 aliphatic rings. The monoisotopic (exact) mass is 413 g/mol. The standard InChI is InChI=1S/C20H16ClN3O5/c1-28-16-10-9-14(12-15(16)21)23-20(25)18(13-6-3-2-4-7-13)29-17-8-5-11-22-19(17)24(26)27/h2-12,18H,1H3,(H,23,25). The quantitative estimate of drug-likeness (QED) is 0.454. The fraction of sp³-hybridized carbons (Fsp3) is 0.100. The number of halogens is 1. The number of nitrogens with zero attached hydrogens (tertiary/aromatic N) is 2. The van der Waals surface area contributed by atoms with Crippen LogP contribution in [0.3, 0.4) is 0 Å². The lowest BCUT2D eigenvalue weighted by atomic mass is 10.1. The maximum absolute atomic E-state index is 13.0. The van der Waals surface area contributed by atoms with Gasteiger partial charge >= 0.3 is 5.82 Å². The molecule has 0 aliphatic heterocycles. The van der Waals surface area contributed by atoms with Gasteiger partial charge in [-0.15, -0.1) is 0 Å². The van der Waals surface area contributed by atoms with Gasteiger partial charge in [-0.1, -0.05) is 41.9 Å². The van der Waals surface area contributed by atoms with Crippen LogP contribution in [0.15, 0.2) is 66.9 Å². The van der Waals surface area contributed by atoms with Crippen LogP contribution in [-0.4, -0.2) is 22.9 Å². The first-order chi connectivity index (χ1) is 14.0. The van der Waals surface area contributed by atoms with E-state index in [9.17, 15) is 14.9 Å². The minimum absolute atomic E-state index is 0.116. The SMILES string of the molecule is COc1ccc(NC(=O)C(Oc2cccnc2[N+](=O)[O-])c2ccccc2)cc1Cl. The molecule has 1 atom stereocenters. The Morgan fingerprint density at radius 3 is 2.55 bits per heavy atom. The smallest absolute Gasteiger partial charge is 0.406 e. The third-order valence-corrected chi connectivity index (χ3v) is 4.22. The molecule has 0 radical (unpaired) electrons. The lowest BCUT2D eigenvalue weighted by Gasteiger charge is -2.19. The van der Waals surface area contributed by atoms with E-state index in [0.717, 1.165) is 0 Å². The maximum atomic E-state index is 13.0. The van der Waals surface area contributed by atoms with E-state index in [1.807, 2.05) is 0 Å². The molecule has 29 heavy (non-hydrogen) atoms. The number of amides is 1. The number of carbonyl (C=O) groups excluding carboxylic acids is 1. The van der Waals surface area contributed by atoms with Gasteiger partial charge in [0, 0.05) is 11.3 Å². The Hall–Kier alpha value is -3.65. The molecule has 1 aromatic heterocycles. The van der Waals surface area contributed by atoms with Gasteiger partial charge in [0.1, 0.15) is 11.9 Å². The number of rotatable bonds is 7. The van der Waals surface area contributed by atoms with E-state index >= 15 is 0 Å². The summed E-state index contributed by atoms with van der Waals surface area (Å²) in [4.78, 5) is 27.2. The average Bonchev–Trinajstić information content (AvgIpc) is 2.73. The van der Waals surface area contributed by atoms with Crippen molar-refractivity contribution in [1.29, 1.82) is 0 Å². The van der Waals surface area contributed by atoms with Gasteiger partial charge in [0.15, 0.2) is 0 Å². The van der Waals surface area contributed by atoms with Crippen LogP contribution in [0, 0.1) is 10.1 Å². The molecule has 0 bridgehead atoms. The largest absolute Gasteiger partial charge is 0.495 e. The fourth-order valence-electron chi connectivity index (χ4n) is 2.59. The van der Waals surface area contributed by atoms with Crippen molar-refractivity contribution >= 4 is 29.0 Å². The third kappa shape index (κ3) is 4.80. The van der Waals surface area contributed by atoms with Crippen LogP contribution in [-0.2, 0) is 4.79 Å². The molecule has 0 aliphatic carbocycles. The predicted octanol–water partition coefficient (Wildman–Crippen LogP) is 4.41. The highest BCUT2D eigenvalue weighted by atomic mass is 35.5. The van der Waals surface area contributed by atoms with Crippen molar-refractivity contribution in [3.8, 4) is 11.5 Å². The van der Waals surface area contributed by atoms with Gasteiger partial charge in [0.05, 0.1) is 12.1 Å². The summed E-state index contributed by atoms with van der Waals surface area (Å²) in [6, 6.07) is 16.3. The molecular weight excluding hydrogens is 398 g/mol. The zero-order valence-electron chi connectivity index (χ0n) is 15.2. The van der Waals surface area contributed by atoms with Gasteiger partial charge in [0.2, 0.25) is 11.9 Å². The van der Waals surface area contributed by atoms with Gasteiger partial charge < -0.3 is 24.9 Å². The Bertz CT molecular complexity index is 1030. The Balaban J connectivity index is 1.91. The van der Waals surface area contributed by atoms with E-state index < -0.39 is 22.8 Å². The lowest BCUT2D eigenvalue weighted by Crippen LogP contribution is -2.26. The molecule has 0 fully saturated rings. The summed E-state index contributed by atoms with van der Waals surface area (Å²) in [6.45, 7) is 0. The second-order valence-electron chi connectivity index (χ2n) is 5.83. The first-order valence-electron chi connectivity index (χ1n) is 8.45. The van der Waals surface area contributed by atoms with E-state index in [1.165, 1.54) is 31.5 Å². The maximum Gasteiger partial charge on any atom is 0.406 e. The highest BCUT2D eigenvalue weighted by Gasteiger charge is 2.27. The Kier molecular flexibility index (Phi) is 6.25. The number of carbonyl (C=O) groups is 1. The topological polar surface area (TPSA) is 104 Å². The number of ether oxygens (including phenoxy) is 2. The van der Waals surface area contributed by atoms with Crippen molar-refractivity contribution in [3.05, 3.63) is 87.6 Å². The van der Waals surface area contributed by atoms with Crippen molar-refractivity contribution in [2.75, 3.05) is 12.4 Å².